The molecule has 8 heteroatoms. The molecular weight excluding hydrogens is 380 g/mol. The number of fused-ring (bicyclic) bond motifs is 5. The number of hydrogen-bond acceptors (Lipinski definition) is 5. The molecule has 146 valence electrons. The predicted molar refractivity (Wildman–Crippen MR) is 105 cm³/mol. The van der Waals surface area contributed by atoms with E-state index in [-0.39, 0.29) is 10.6 Å². The summed E-state index contributed by atoms with van der Waals surface area (Å²) >= 11 is 0. The molecule has 0 radical (unpaired) electrons. The SMILES string of the molecule is O=[N+]([O-])c1ccc2c(c1)oc1ccc(S(=O)(=O)NC[C@@H]3C[C@@H]4CC[C@@H]3C4)cc12. The molecule has 2 aromatic carbocycles. The van der Waals surface area contributed by atoms with Gasteiger partial charge in [-0.15, -0.1) is 0 Å². The van der Waals surface area contributed by atoms with Gasteiger partial charge in [-0.2, -0.15) is 0 Å². The molecule has 7 nitrogen and oxygen atoms in total. The van der Waals surface area contributed by atoms with Crippen molar-refractivity contribution in [1.82, 2.24) is 4.72 Å². The Morgan fingerprint density at radius 2 is 1.93 bits per heavy atom. The average molecular weight is 400 g/mol. The van der Waals surface area contributed by atoms with Gasteiger partial charge in [-0.1, -0.05) is 6.42 Å². The minimum absolute atomic E-state index is 0.0630. The summed E-state index contributed by atoms with van der Waals surface area (Å²) in [6, 6.07) is 9.05. The fourth-order valence-electron chi connectivity index (χ4n) is 4.95. The number of rotatable bonds is 5. The number of nitro groups is 1. The van der Waals surface area contributed by atoms with Crippen LogP contribution in [0.5, 0.6) is 0 Å². The largest absolute Gasteiger partial charge is 0.456 e. The number of sulfonamides is 1. The molecule has 1 N–H and O–H groups in total. The molecule has 2 bridgehead atoms. The summed E-state index contributed by atoms with van der Waals surface area (Å²) in [5, 5.41) is 12.2. The van der Waals surface area contributed by atoms with Crippen LogP contribution in [-0.2, 0) is 10.0 Å². The topological polar surface area (TPSA) is 102 Å². The maximum atomic E-state index is 12.8. The van der Waals surface area contributed by atoms with Crippen LogP contribution < -0.4 is 4.72 Å². The standard InChI is InChI=1S/C20H20N2O5S/c23-22(24)15-3-5-17-18-10-16(4-6-19(18)27-20(17)9-15)28(25,26)21-11-14-8-12-1-2-13(14)7-12/h3-6,9-10,12-14,21H,1-2,7-8,11H2/t12-,13-,14+/m1/s1. The number of non-ortho nitro benzene ring substituents is 1. The first kappa shape index (κ1) is 17.6. The number of nitro benzene ring substituents is 1. The van der Waals surface area contributed by atoms with Crippen molar-refractivity contribution in [1.29, 1.82) is 0 Å². The second-order valence-electron chi connectivity index (χ2n) is 7.98. The zero-order valence-electron chi connectivity index (χ0n) is 15.1. The van der Waals surface area contributed by atoms with E-state index in [1.165, 1.54) is 37.5 Å². The fourth-order valence-corrected chi connectivity index (χ4v) is 6.07. The van der Waals surface area contributed by atoms with Crippen molar-refractivity contribution < 1.29 is 17.8 Å². The van der Waals surface area contributed by atoms with Gasteiger partial charge in [0.2, 0.25) is 10.0 Å². The molecule has 28 heavy (non-hydrogen) atoms. The summed E-state index contributed by atoms with van der Waals surface area (Å²) < 4.78 is 34.1. The maximum absolute atomic E-state index is 12.8. The van der Waals surface area contributed by atoms with Crippen LogP contribution in [0.4, 0.5) is 5.69 Å². The van der Waals surface area contributed by atoms with Crippen LogP contribution in [0.1, 0.15) is 25.7 Å². The second kappa shape index (κ2) is 6.28. The van der Waals surface area contributed by atoms with Gasteiger partial charge in [0.1, 0.15) is 11.2 Å². The molecule has 1 heterocycles. The molecule has 0 saturated heterocycles. The normalized spacial score (nSPS) is 24.4. The van der Waals surface area contributed by atoms with Crippen molar-refractivity contribution in [2.75, 3.05) is 6.54 Å². The lowest BCUT2D eigenvalue weighted by Crippen LogP contribution is -2.31. The summed E-state index contributed by atoms with van der Waals surface area (Å²) in [6.07, 6.45) is 4.87. The van der Waals surface area contributed by atoms with Crippen molar-refractivity contribution in [3.8, 4) is 0 Å². The predicted octanol–water partition coefficient (Wildman–Crippen LogP) is 4.21. The molecule has 0 amide bonds. The number of hydrogen-bond donors (Lipinski definition) is 1. The van der Waals surface area contributed by atoms with Crippen molar-refractivity contribution in [3.63, 3.8) is 0 Å². The molecule has 0 spiro atoms. The van der Waals surface area contributed by atoms with E-state index in [2.05, 4.69) is 4.72 Å². The highest BCUT2D eigenvalue weighted by molar-refractivity contribution is 7.89. The van der Waals surface area contributed by atoms with Gasteiger partial charge >= 0.3 is 0 Å². The second-order valence-corrected chi connectivity index (χ2v) is 9.75. The fraction of sp³-hybridized carbons (Fsp3) is 0.400. The molecule has 2 aliphatic rings. The molecule has 5 rings (SSSR count). The van der Waals surface area contributed by atoms with Gasteiger partial charge in [-0.05, 0) is 61.3 Å². The van der Waals surface area contributed by atoms with Crippen LogP contribution in [0, 0.1) is 27.9 Å². The molecule has 2 fully saturated rings. The Bertz CT molecular complexity index is 1200. The zero-order valence-corrected chi connectivity index (χ0v) is 15.9. The van der Waals surface area contributed by atoms with Crippen LogP contribution in [0.25, 0.3) is 21.9 Å². The van der Waals surface area contributed by atoms with Crippen LogP contribution >= 0.6 is 0 Å². The third kappa shape index (κ3) is 2.87. The van der Waals surface area contributed by atoms with Crippen LogP contribution in [0.15, 0.2) is 45.7 Å². The first-order valence-electron chi connectivity index (χ1n) is 9.51. The Hall–Kier alpha value is -2.45. The first-order valence-corrected chi connectivity index (χ1v) is 11.0. The van der Waals surface area contributed by atoms with Crippen LogP contribution in [-0.4, -0.2) is 19.9 Å². The Balaban J connectivity index is 1.44. The molecule has 0 aliphatic heterocycles. The highest BCUT2D eigenvalue weighted by atomic mass is 32.2. The van der Waals surface area contributed by atoms with Gasteiger partial charge in [0.25, 0.3) is 5.69 Å². The quantitative estimate of drug-likeness (QED) is 0.510. The molecular formula is C20H20N2O5S. The molecule has 3 aromatic rings. The Morgan fingerprint density at radius 1 is 1.07 bits per heavy atom. The van der Waals surface area contributed by atoms with Gasteiger partial charge in [-0.3, -0.25) is 10.1 Å². The Labute approximate surface area is 161 Å². The summed E-state index contributed by atoms with van der Waals surface area (Å²) in [7, 11) is -3.62. The van der Waals surface area contributed by atoms with Crippen molar-refractivity contribution in [2.24, 2.45) is 17.8 Å². The van der Waals surface area contributed by atoms with Gasteiger partial charge in [0.15, 0.2) is 0 Å². The summed E-state index contributed by atoms with van der Waals surface area (Å²) in [5.74, 6) is 1.87. The van der Waals surface area contributed by atoms with E-state index in [0.29, 0.717) is 40.3 Å². The zero-order chi connectivity index (χ0) is 19.5. The van der Waals surface area contributed by atoms with E-state index in [4.69, 9.17) is 4.42 Å². The van der Waals surface area contributed by atoms with E-state index in [1.54, 1.807) is 18.2 Å². The number of nitrogens with zero attached hydrogens (tertiary/aromatic N) is 1. The third-order valence-electron chi connectivity index (χ3n) is 6.37. The van der Waals surface area contributed by atoms with E-state index in [9.17, 15) is 18.5 Å². The summed E-state index contributed by atoms with van der Waals surface area (Å²) in [5.41, 5.74) is 0.808. The van der Waals surface area contributed by atoms with E-state index >= 15 is 0 Å². The van der Waals surface area contributed by atoms with E-state index < -0.39 is 14.9 Å². The van der Waals surface area contributed by atoms with Gasteiger partial charge < -0.3 is 4.42 Å². The lowest BCUT2D eigenvalue weighted by molar-refractivity contribution is -0.384. The number of furan rings is 1. The molecule has 3 atom stereocenters. The van der Waals surface area contributed by atoms with Crippen molar-refractivity contribution in [3.05, 3.63) is 46.5 Å². The molecule has 0 unspecified atom stereocenters. The molecule has 2 saturated carbocycles. The monoisotopic (exact) mass is 400 g/mol. The number of benzene rings is 2. The maximum Gasteiger partial charge on any atom is 0.273 e. The minimum atomic E-state index is -3.62. The van der Waals surface area contributed by atoms with Crippen molar-refractivity contribution in [2.45, 2.75) is 30.6 Å². The molecule has 2 aliphatic carbocycles. The lowest BCUT2D eigenvalue weighted by atomic mass is 9.89. The Kier molecular flexibility index (Phi) is 3.96. The van der Waals surface area contributed by atoms with Crippen LogP contribution in [0.3, 0.4) is 0 Å². The Morgan fingerprint density at radius 3 is 2.64 bits per heavy atom. The highest BCUT2D eigenvalue weighted by Gasteiger charge is 2.39. The first-order chi connectivity index (χ1) is 13.4. The van der Waals surface area contributed by atoms with Crippen LogP contribution in [0.2, 0.25) is 0 Å². The van der Waals surface area contributed by atoms with E-state index in [0.717, 1.165) is 12.3 Å². The van der Waals surface area contributed by atoms with Crippen molar-refractivity contribution >= 4 is 37.6 Å². The van der Waals surface area contributed by atoms with Gasteiger partial charge in [0, 0.05) is 23.4 Å². The third-order valence-corrected chi connectivity index (χ3v) is 7.79. The average Bonchev–Trinajstić information content (AvgIpc) is 3.38. The highest BCUT2D eigenvalue weighted by Crippen LogP contribution is 2.48. The summed E-state index contributed by atoms with van der Waals surface area (Å²) in [4.78, 5) is 10.7. The summed E-state index contributed by atoms with van der Waals surface area (Å²) in [6.45, 7) is 0.486. The van der Waals surface area contributed by atoms with E-state index in [1.807, 2.05) is 0 Å². The lowest BCUT2D eigenvalue weighted by Gasteiger charge is -2.21. The van der Waals surface area contributed by atoms with Gasteiger partial charge in [0.05, 0.1) is 15.9 Å². The van der Waals surface area contributed by atoms with Gasteiger partial charge in [-0.25, -0.2) is 13.1 Å². The minimum Gasteiger partial charge on any atom is -0.456 e. The number of nitrogens with one attached hydrogen (secondary N) is 1. The smallest absolute Gasteiger partial charge is 0.273 e. The molecule has 1 aromatic heterocycles.